The van der Waals surface area contributed by atoms with Crippen molar-refractivity contribution in [2.45, 2.75) is 26.9 Å². The van der Waals surface area contributed by atoms with E-state index in [4.69, 9.17) is 0 Å². The predicted molar refractivity (Wildman–Crippen MR) is 87.4 cm³/mol. The number of amides is 1. The van der Waals surface area contributed by atoms with Gasteiger partial charge < -0.3 is 5.32 Å². The van der Waals surface area contributed by atoms with Crippen LogP contribution in [0, 0.1) is 13.8 Å². The molecule has 0 aromatic heterocycles. The summed E-state index contributed by atoms with van der Waals surface area (Å²) < 4.78 is 0. The number of anilines is 1. The first-order valence-corrected chi connectivity index (χ1v) is 9.26. The monoisotopic (exact) mass is 282 g/mol. The number of carbonyl (C=O) groups excluding carboxylic acids is 1. The molecule has 2 aromatic carbocycles. The Bertz CT molecular complexity index is 635. The van der Waals surface area contributed by atoms with Crippen molar-refractivity contribution in [1.82, 2.24) is 0 Å². The average Bonchev–Trinajstić information content (AvgIpc) is 2.42. The summed E-state index contributed by atoms with van der Waals surface area (Å²) >= 11 is 0. The first kappa shape index (κ1) is 14.5. The maximum absolute atomic E-state index is 12.3. The quantitative estimate of drug-likeness (QED) is 0.858. The average molecular weight is 282 g/mol. The van der Waals surface area contributed by atoms with Crippen LogP contribution >= 0.6 is 0 Å². The van der Waals surface area contributed by atoms with Gasteiger partial charge in [0.25, 0.3) is 5.91 Å². The minimum absolute atomic E-state index is 0.0498. The van der Waals surface area contributed by atoms with E-state index in [2.05, 4.69) is 30.5 Å². The SMILES string of the molecule is Cc1ccc(C(=O)Nc2cccc([Si](C)C)c2)cc1C. The fourth-order valence-electron chi connectivity index (χ4n) is 1.99. The van der Waals surface area contributed by atoms with Gasteiger partial charge in [-0.25, -0.2) is 0 Å². The number of hydrogen-bond acceptors (Lipinski definition) is 1. The molecule has 1 amide bonds. The van der Waals surface area contributed by atoms with E-state index in [-0.39, 0.29) is 5.91 Å². The molecule has 20 heavy (non-hydrogen) atoms. The molecule has 1 radical (unpaired) electrons. The van der Waals surface area contributed by atoms with Crippen molar-refractivity contribution < 1.29 is 4.79 Å². The van der Waals surface area contributed by atoms with E-state index in [0.717, 1.165) is 11.3 Å². The zero-order valence-corrected chi connectivity index (χ0v) is 13.4. The van der Waals surface area contributed by atoms with Crippen LogP contribution in [0.2, 0.25) is 13.1 Å². The summed E-state index contributed by atoms with van der Waals surface area (Å²) in [6, 6.07) is 13.9. The van der Waals surface area contributed by atoms with Crippen molar-refractivity contribution in [3.63, 3.8) is 0 Å². The molecule has 0 bridgehead atoms. The molecule has 103 valence electrons. The minimum Gasteiger partial charge on any atom is -0.322 e. The van der Waals surface area contributed by atoms with Crippen LogP contribution in [0.5, 0.6) is 0 Å². The largest absolute Gasteiger partial charge is 0.322 e. The van der Waals surface area contributed by atoms with Crippen molar-refractivity contribution in [2.24, 2.45) is 0 Å². The Labute approximate surface area is 122 Å². The molecule has 0 spiro atoms. The lowest BCUT2D eigenvalue weighted by molar-refractivity contribution is 0.102. The molecule has 0 aliphatic heterocycles. The van der Waals surface area contributed by atoms with E-state index >= 15 is 0 Å². The normalized spacial score (nSPS) is 10.7. The van der Waals surface area contributed by atoms with E-state index in [1.54, 1.807) is 0 Å². The lowest BCUT2D eigenvalue weighted by Crippen LogP contribution is -2.23. The second kappa shape index (κ2) is 6.05. The van der Waals surface area contributed by atoms with Gasteiger partial charge in [0.05, 0.1) is 8.80 Å². The highest BCUT2D eigenvalue weighted by molar-refractivity contribution is 6.70. The first-order chi connectivity index (χ1) is 9.47. The minimum atomic E-state index is -0.497. The van der Waals surface area contributed by atoms with Crippen LogP contribution in [0.15, 0.2) is 42.5 Å². The standard InChI is InChI=1S/C17H20NOSi/c1-12-8-9-14(10-13(12)2)17(19)18-15-6-5-7-16(11-15)20(3)4/h5-11H,1-4H3,(H,18,19). The molecule has 2 rings (SSSR count). The summed E-state index contributed by atoms with van der Waals surface area (Å²) in [5, 5.41) is 4.30. The number of benzene rings is 2. The Morgan fingerprint density at radius 3 is 2.40 bits per heavy atom. The molecule has 0 fully saturated rings. The van der Waals surface area contributed by atoms with Crippen molar-refractivity contribution in [1.29, 1.82) is 0 Å². The Hall–Kier alpha value is -1.87. The molecule has 2 nitrogen and oxygen atoms in total. The lowest BCUT2D eigenvalue weighted by Gasteiger charge is -2.10. The second-order valence-electron chi connectivity index (χ2n) is 5.33. The van der Waals surface area contributed by atoms with Gasteiger partial charge in [0.2, 0.25) is 0 Å². The molecule has 0 heterocycles. The van der Waals surface area contributed by atoms with E-state index in [1.165, 1.54) is 10.8 Å². The molecular formula is C17H20NOSi. The van der Waals surface area contributed by atoms with Gasteiger partial charge in [0.1, 0.15) is 0 Å². The van der Waals surface area contributed by atoms with E-state index < -0.39 is 8.80 Å². The third-order valence-corrected chi connectivity index (χ3v) is 4.93. The maximum atomic E-state index is 12.3. The van der Waals surface area contributed by atoms with Crippen molar-refractivity contribution in [3.05, 3.63) is 59.2 Å². The van der Waals surface area contributed by atoms with Gasteiger partial charge in [0, 0.05) is 11.3 Å². The van der Waals surface area contributed by atoms with Gasteiger partial charge in [-0.3, -0.25) is 4.79 Å². The molecule has 0 unspecified atom stereocenters. The lowest BCUT2D eigenvalue weighted by atomic mass is 10.1. The first-order valence-electron chi connectivity index (χ1n) is 6.76. The predicted octanol–water partition coefficient (Wildman–Crippen LogP) is 3.52. The zero-order chi connectivity index (χ0) is 14.7. The Balaban J connectivity index is 2.19. The Morgan fingerprint density at radius 2 is 1.75 bits per heavy atom. The number of aryl methyl sites for hydroxylation is 2. The van der Waals surface area contributed by atoms with Gasteiger partial charge in [-0.1, -0.05) is 36.5 Å². The summed E-state index contributed by atoms with van der Waals surface area (Å²) in [6.07, 6.45) is 0. The van der Waals surface area contributed by atoms with Gasteiger partial charge in [-0.15, -0.1) is 0 Å². The van der Waals surface area contributed by atoms with Gasteiger partial charge in [0.15, 0.2) is 0 Å². The number of carbonyl (C=O) groups is 1. The molecule has 0 atom stereocenters. The molecule has 3 heteroatoms. The highest BCUT2D eigenvalue weighted by Crippen LogP contribution is 2.12. The number of rotatable bonds is 3. The van der Waals surface area contributed by atoms with Gasteiger partial charge in [-0.2, -0.15) is 0 Å². The number of hydrogen-bond donors (Lipinski definition) is 1. The molecule has 2 aromatic rings. The molecule has 0 aliphatic carbocycles. The summed E-state index contributed by atoms with van der Waals surface area (Å²) in [6.45, 7) is 8.56. The fraction of sp³-hybridized carbons (Fsp3) is 0.235. The van der Waals surface area contributed by atoms with Crippen LogP contribution < -0.4 is 10.5 Å². The highest BCUT2D eigenvalue weighted by Gasteiger charge is 2.08. The van der Waals surface area contributed by atoms with Crippen LogP contribution in [0.4, 0.5) is 5.69 Å². The van der Waals surface area contributed by atoms with Crippen LogP contribution in [0.25, 0.3) is 0 Å². The smallest absolute Gasteiger partial charge is 0.255 e. The second-order valence-corrected chi connectivity index (χ2v) is 7.91. The molecular weight excluding hydrogens is 262 g/mol. The molecule has 1 N–H and O–H groups in total. The van der Waals surface area contributed by atoms with Crippen LogP contribution in [0.3, 0.4) is 0 Å². The highest BCUT2D eigenvalue weighted by atomic mass is 28.3. The fourth-order valence-corrected chi connectivity index (χ4v) is 2.87. The summed E-state index contributed by atoms with van der Waals surface area (Å²) in [5.41, 5.74) is 3.92. The summed E-state index contributed by atoms with van der Waals surface area (Å²) in [4.78, 5) is 12.3. The van der Waals surface area contributed by atoms with Crippen LogP contribution in [0.1, 0.15) is 21.5 Å². The van der Waals surface area contributed by atoms with Crippen LogP contribution in [-0.2, 0) is 0 Å². The zero-order valence-electron chi connectivity index (χ0n) is 12.4. The van der Waals surface area contributed by atoms with Gasteiger partial charge >= 0.3 is 0 Å². The maximum Gasteiger partial charge on any atom is 0.255 e. The Kier molecular flexibility index (Phi) is 4.40. The van der Waals surface area contributed by atoms with Gasteiger partial charge in [-0.05, 0) is 49.2 Å². The summed E-state index contributed by atoms with van der Waals surface area (Å²) in [7, 11) is -0.497. The van der Waals surface area contributed by atoms with E-state index in [1.807, 2.05) is 44.2 Å². The third-order valence-electron chi connectivity index (χ3n) is 3.47. The number of nitrogens with one attached hydrogen (secondary N) is 1. The van der Waals surface area contributed by atoms with Crippen molar-refractivity contribution >= 4 is 25.6 Å². The molecule has 0 aliphatic rings. The van der Waals surface area contributed by atoms with E-state index in [9.17, 15) is 4.79 Å². The topological polar surface area (TPSA) is 29.1 Å². The summed E-state index contributed by atoms with van der Waals surface area (Å²) in [5.74, 6) is -0.0498. The Morgan fingerprint density at radius 1 is 1.00 bits per heavy atom. The molecule has 0 saturated carbocycles. The van der Waals surface area contributed by atoms with Crippen molar-refractivity contribution in [3.8, 4) is 0 Å². The van der Waals surface area contributed by atoms with E-state index in [0.29, 0.717) is 5.56 Å². The third kappa shape index (κ3) is 3.36. The van der Waals surface area contributed by atoms with Crippen LogP contribution in [-0.4, -0.2) is 14.7 Å². The van der Waals surface area contributed by atoms with Crippen molar-refractivity contribution in [2.75, 3.05) is 5.32 Å². The molecule has 0 saturated heterocycles.